The summed E-state index contributed by atoms with van der Waals surface area (Å²) in [5.74, 6) is 0. The van der Waals surface area contributed by atoms with Crippen molar-refractivity contribution in [1.82, 2.24) is 0 Å². The molecule has 7 N–H and O–H groups in total. The Morgan fingerprint density at radius 1 is 0.760 bits per heavy atom. The molecule has 0 radical (unpaired) electrons. The molecule has 0 aliphatic carbocycles. The summed E-state index contributed by atoms with van der Waals surface area (Å²) < 4.78 is 16.1. The van der Waals surface area contributed by atoms with Gasteiger partial charge in [-0.2, -0.15) is 0 Å². The van der Waals surface area contributed by atoms with Crippen molar-refractivity contribution in [1.29, 1.82) is 0 Å². The van der Waals surface area contributed by atoms with E-state index in [1.807, 2.05) is 0 Å². The number of hydrogen-bond acceptors (Lipinski definition) is 10. The lowest BCUT2D eigenvalue weighted by Gasteiger charge is -2.46. The van der Waals surface area contributed by atoms with Crippen molar-refractivity contribution in [3.05, 3.63) is 12.7 Å². The molecule has 2 aliphatic rings. The van der Waals surface area contributed by atoms with Crippen molar-refractivity contribution >= 4 is 0 Å². The molecule has 146 valence electrons. The fraction of sp³-hybridized carbons (Fsp3) is 0.867. The lowest BCUT2D eigenvalue weighted by Crippen LogP contribution is -2.64. The summed E-state index contributed by atoms with van der Waals surface area (Å²) in [5, 5.41) is 68.6. The van der Waals surface area contributed by atoms with Gasteiger partial charge in [-0.15, -0.1) is 6.58 Å². The van der Waals surface area contributed by atoms with E-state index in [-0.39, 0.29) is 6.42 Å². The summed E-state index contributed by atoms with van der Waals surface area (Å²) in [6, 6.07) is 0. The molecule has 0 amide bonds. The predicted molar refractivity (Wildman–Crippen MR) is 81.2 cm³/mol. The largest absolute Gasteiger partial charge is 0.394 e. The third kappa shape index (κ3) is 4.19. The zero-order valence-electron chi connectivity index (χ0n) is 13.5. The van der Waals surface area contributed by atoms with Crippen LogP contribution >= 0.6 is 0 Å². The summed E-state index contributed by atoms with van der Waals surface area (Å²) >= 11 is 0. The van der Waals surface area contributed by atoms with Crippen LogP contribution < -0.4 is 0 Å². The van der Waals surface area contributed by atoms with Crippen LogP contribution in [0.25, 0.3) is 0 Å². The molecule has 2 rings (SSSR count). The highest BCUT2D eigenvalue weighted by Crippen LogP contribution is 2.29. The second-order valence-electron chi connectivity index (χ2n) is 6.20. The van der Waals surface area contributed by atoms with Gasteiger partial charge in [-0.05, 0) is 6.42 Å². The summed E-state index contributed by atoms with van der Waals surface area (Å²) in [6.45, 7) is 2.35. The quantitative estimate of drug-likeness (QED) is 0.232. The van der Waals surface area contributed by atoms with Gasteiger partial charge in [0.2, 0.25) is 0 Å². The van der Waals surface area contributed by atoms with E-state index in [1.165, 1.54) is 6.08 Å². The molecule has 2 saturated heterocycles. The lowest BCUT2D eigenvalue weighted by molar-refractivity contribution is -0.341. The molecule has 10 heteroatoms. The summed E-state index contributed by atoms with van der Waals surface area (Å²) in [4.78, 5) is 0. The minimum atomic E-state index is -1.67. The molecule has 0 aromatic carbocycles. The Balaban J connectivity index is 2.12. The van der Waals surface area contributed by atoms with E-state index >= 15 is 0 Å². The minimum Gasteiger partial charge on any atom is -0.394 e. The molecule has 0 unspecified atom stereocenters. The van der Waals surface area contributed by atoms with Gasteiger partial charge in [0.05, 0.1) is 19.3 Å². The van der Waals surface area contributed by atoms with E-state index in [9.17, 15) is 35.7 Å². The molecule has 0 aromatic heterocycles. The van der Waals surface area contributed by atoms with Crippen LogP contribution in [0.15, 0.2) is 12.7 Å². The first-order chi connectivity index (χ1) is 11.8. The van der Waals surface area contributed by atoms with Crippen LogP contribution in [-0.2, 0) is 14.2 Å². The molecule has 0 saturated carbocycles. The van der Waals surface area contributed by atoms with Gasteiger partial charge in [-0.1, -0.05) is 6.08 Å². The number of aliphatic hydroxyl groups is 7. The Bertz CT molecular complexity index is 431. The fourth-order valence-corrected chi connectivity index (χ4v) is 3.03. The van der Waals surface area contributed by atoms with E-state index in [2.05, 4.69) is 6.58 Å². The summed E-state index contributed by atoms with van der Waals surface area (Å²) in [7, 11) is 0. The minimum absolute atomic E-state index is 0.238. The molecule has 0 bridgehead atoms. The molecule has 10 nitrogen and oxygen atoms in total. The first kappa shape index (κ1) is 20.6. The Hall–Kier alpha value is -0.660. The lowest BCUT2D eigenvalue weighted by atomic mass is 9.93. The fourth-order valence-electron chi connectivity index (χ4n) is 3.03. The van der Waals surface area contributed by atoms with Crippen LogP contribution in [0.2, 0.25) is 0 Å². The van der Waals surface area contributed by atoms with Gasteiger partial charge in [0.25, 0.3) is 0 Å². The van der Waals surface area contributed by atoms with Crippen molar-refractivity contribution in [3.63, 3.8) is 0 Å². The maximum absolute atomic E-state index is 10.3. The number of hydrogen-bond donors (Lipinski definition) is 7. The maximum atomic E-state index is 10.3. The second kappa shape index (κ2) is 8.82. The summed E-state index contributed by atoms with van der Waals surface area (Å²) in [5.41, 5.74) is 0. The zero-order chi connectivity index (χ0) is 18.7. The third-order valence-corrected chi connectivity index (χ3v) is 4.50. The molecular formula is C15H26O10. The SMILES string of the molecule is C=CC[C@@H]1O[C@H](CO)[C@@H](O[C@@H]2O[C@H](CO)[C@@H](O)[C@H](O)[C@H]2O)[C@H](O)[C@H]1O. The van der Waals surface area contributed by atoms with Crippen molar-refractivity contribution in [2.24, 2.45) is 0 Å². The molecular weight excluding hydrogens is 340 g/mol. The third-order valence-electron chi connectivity index (χ3n) is 4.50. The van der Waals surface area contributed by atoms with Crippen LogP contribution in [0, 0.1) is 0 Å². The zero-order valence-corrected chi connectivity index (χ0v) is 13.5. The highest BCUT2D eigenvalue weighted by molar-refractivity contribution is 4.97. The number of ether oxygens (including phenoxy) is 3. The average Bonchev–Trinajstić information content (AvgIpc) is 2.61. The van der Waals surface area contributed by atoms with Crippen molar-refractivity contribution in [2.45, 2.75) is 67.6 Å². The Labute approximate surface area is 144 Å². The highest BCUT2D eigenvalue weighted by atomic mass is 16.7. The van der Waals surface area contributed by atoms with Crippen molar-refractivity contribution in [3.8, 4) is 0 Å². The Morgan fingerprint density at radius 3 is 1.92 bits per heavy atom. The van der Waals surface area contributed by atoms with Crippen LogP contribution in [-0.4, -0.2) is 110 Å². The van der Waals surface area contributed by atoms with Gasteiger partial charge < -0.3 is 50.0 Å². The van der Waals surface area contributed by atoms with Crippen LogP contribution in [0.5, 0.6) is 0 Å². The monoisotopic (exact) mass is 366 g/mol. The van der Waals surface area contributed by atoms with Gasteiger partial charge in [0.15, 0.2) is 6.29 Å². The standard InChI is InChI=1S/C15H26O10/c1-2-3-6-9(18)12(21)14(8(5-17)23-6)25-15-13(22)11(20)10(19)7(4-16)24-15/h2,6-22H,1,3-5H2/t6-,7+,8+,9-,10+,11-,12+,13+,14+,15-/m0/s1. The van der Waals surface area contributed by atoms with Gasteiger partial charge in [0, 0.05) is 0 Å². The van der Waals surface area contributed by atoms with Crippen molar-refractivity contribution < 1.29 is 50.0 Å². The first-order valence-electron chi connectivity index (χ1n) is 8.05. The van der Waals surface area contributed by atoms with Crippen LogP contribution in [0.3, 0.4) is 0 Å². The molecule has 2 heterocycles. The van der Waals surface area contributed by atoms with E-state index in [0.29, 0.717) is 0 Å². The topological polar surface area (TPSA) is 169 Å². The van der Waals surface area contributed by atoms with E-state index in [0.717, 1.165) is 0 Å². The van der Waals surface area contributed by atoms with Gasteiger partial charge in [-0.25, -0.2) is 0 Å². The van der Waals surface area contributed by atoms with Gasteiger partial charge in [0.1, 0.15) is 48.8 Å². The number of aliphatic hydroxyl groups excluding tert-OH is 7. The van der Waals surface area contributed by atoms with E-state index in [4.69, 9.17) is 14.2 Å². The molecule has 2 aliphatic heterocycles. The average molecular weight is 366 g/mol. The smallest absolute Gasteiger partial charge is 0.187 e. The Morgan fingerprint density at radius 2 is 1.36 bits per heavy atom. The molecule has 0 aromatic rings. The first-order valence-corrected chi connectivity index (χ1v) is 8.05. The molecule has 2 fully saturated rings. The number of rotatable bonds is 6. The van der Waals surface area contributed by atoms with Gasteiger partial charge >= 0.3 is 0 Å². The molecule has 10 atom stereocenters. The molecule has 25 heavy (non-hydrogen) atoms. The normalized spacial score (nSPS) is 48.3. The highest BCUT2D eigenvalue weighted by Gasteiger charge is 2.50. The second-order valence-corrected chi connectivity index (χ2v) is 6.20. The van der Waals surface area contributed by atoms with Crippen LogP contribution in [0.1, 0.15) is 6.42 Å². The van der Waals surface area contributed by atoms with Crippen LogP contribution in [0.4, 0.5) is 0 Å². The maximum Gasteiger partial charge on any atom is 0.187 e. The summed E-state index contributed by atoms with van der Waals surface area (Å²) in [6.07, 6.45) is -11.8. The van der Waals surface area contributed by atoms with E-state index < -0.39 is 74.4 Å². The predicted octanol–water partition coefficient (Wildman–Crippen LogP) is -3.77. The van der Waals surface area contributed by atoms with E-state index in [1.54, 1.807) is 0 Å². The van der Waals surface area contributed by atoms with Gasteiger partial charge in [-0.3, -0.25) is 0 Å². The Kier molecular flexibility index (Phi) is 7.29. The van der Waals surface area contributed by atoms with Crippen molar-refractivity contribution in [2.75, 3.05) is 13.2 Å². The molecule has 0 spiro atoms.